The normalized spacial score (nSPS) is 11.5. The van der Waals surface area contributed by atoms with Crippen LogP contribution in [-0.4, -0.2) is 23.9 Å². The van der Waals surface area contributed by atoms with E-state index in [-0.39, 0.29) is 17.4 Å². The summed E-state index contributed by atoms with van der Waals surface area (Å²) in [5, 5.41) is 3.79. The second kappa shape index (κ2) is 6.94. The van der Waals surface area contributed by atoms with Crippen molar-refractivity contribution in [1.82, 2.24) is 5.32 Å². The number of rotatable bonds is 6. The predicted molar refractivity (Wildman–Crippen MR) is 82.1 cm³/mol. The van der Waals surface area contributed by atoms with Gasteiger partial charge in [-0.2, -0.15) is 0 Å². The van der Waals surface area contributed by atoms with Crippen molar-refractivity contribution in [2.75, 3.05) is 11.9 Å². The summed E-state index contributed by atoms with van der Waals surface area (Å²) in [4.78, 5) is 12.0. The van der Waals surface area contributed by atoms with Gasteiger partial charge in [-0.15, -0.1) is 0 Å². The van der Waals surface area contributed by atoms with Gasteiger partial charge in [0, 0.05) is 17.4 Å². The van der Waals surface area contributed by atoms with Crippen LogP contribution in [0.3, 0.4) is 0 Å². The molecule has 0 heterocycles. The molecule has 106 valence electrons. The van der Waals surface area contributed by atoms with Crippen molar-refractivity contribution in [3.8, 4) is 5.75 Å². The number of ether oxygens (including phenoxy) is 1. The van der Waals surface area contributed by atoms with Gasteiger partial charge in [0.25, 0.3) is 5.91 Å². The Morgan fingerprint density at radius 3 is 2.37 bits per heavy atom. The highest BCUT2D eigenvalue weighted by molar-refractivity contribution is 9.09. The first-order valence-corrected chi connectivity index (χ1v) is 7.57. The summed E-state index contributed by atoms with van der Waals surface area (Å²) in [6, 6.07) is 7.22. The summed E-state index contributed by atoms with van der Waals surface area (Å²) in [6.07, 6.45) is 0.138. The predicted octanol–water partition coefficient (Wildman–Crippen LogP) is 3.62. The van der Waals surface area contributed by atoms with E-state index in [9.17, 15) is 4.79 Å². The zero-order valence-electron chi connectivity index (χ0n) is 12.0. The van der Waals surface area contributed by atoms with E-state index in [1.54, 1.807) is 12.1 Å². The molecule has 0 aliphatic heterocycles. The molecule has 1 N–H and O–H groups in total. The lowest BCUT2D eigenvalue weighted by Crippen LogP contribution is -2.34. The fourth-order valence-corrected chi connectivity index (χ4v) is 1.62. The van der Waals surface area contributed by atoms with Crippen LogP contribution in [0, 0.1) is 5.41 Å². The standard InChI is InChI=1S/C15H22BrNO2/c1-11(2)19-13-7-5-12(6-8-13)14(18)17-10-15(3,4)9-16/h5-8,11H,9-10H2,1-4H3,(H,17,18). The highest BCUT2D eigenvalue weighted by atomic mass is 79.9. The summed E-state index contributed by atoms with van der Waals surface area (Å²) < 4.78 is 5.54. The average molecular weight is 328 g/mol. The van der Waals surface area contributed by atoms with E-state index in [1.807, 2.05) is 26.0 Å². The molecule has 0 aliphatic carbocycles. The van der Waals surface area contributed by atoms with Crippen LogP contribution in [0.5, 0.6) is 5.75 Å². The van der Waals surface area contributed by atoms with E-state index in [4.69, 9.17) is 4.74 Å². The fourth-order valence-electron chi connectivity index (χ4n) is 1.43. The topological polar surface area (TPSA) is 38.3 Å². The Kier molecular flexibility index (Phi) is 5.85. The third kappa shape index (κ3) is 5.64. The second-order valence-electron chi connectivity index (χ2n) is 5.67. The average Bonchev–Trinajstić information content (AvgIpc) is 2.36. The Labute approximate surface area is 123 Å². The van der Waals surface area contributed by atoms with E-state index in [1.165, 1.54) is 0 Å². The van der Waals surface area contributed by atoms with Gasteiger partial charge in [-0.3, -0.25) is 4.79 Å². The van der Waals surface area contributed by atoms with Crippen LogP contribution in [0.1, 0.15) is 38.1 Å². The number of carbonyl (C=O) groups is 1. The third-order valence-corrected chi connectivity index (χ3v) is 4.10. The van der Waals surface area contributed by atoms with E-state index in [0.29, 0.717) is 12.1 Å². The molecular formula is C15H22BrNO2. The number of carbonyl (C=O) groups excluding carboxylic acids is 1. The van der Waals surface area contributed by atoms with Crippen molar-refractivity contribution in [1.29, 1.82) is 0 Å². The molecule has 3 nitrogen and oxygen atoms in total. The Morgan fingerprint density at radius 1 is 1.32 bits per heavy atom. The molecule has 1 rings (SSSR count). The molecule has 19 heavy (non-hydrogen) atoms. The van der Waals surface area contributed by atoms with Gasteiger partial charge in [-0.25, -0.2) is 0 Å². The van der Waals surface area contributed by atoms with Crippen molar-refractivity contribution in [3.63, 3.8) is 0 Å². The number of halogens is 1. The number of hydrogen-bond acceptors (Lipinski definition) is 2. The van der Waals surface area contributed by atoms with Crippen molar-refractivity contribution in [2.24, 2.45) is 5.41 Å². The smallest absolute Gasteiger partial charge is 0.251 e. The largest absolute Gasteiger partial charge is 0.491 e. The molecule has 0 fully saturated rings. The Morgan fingerprint density at radius 2 is 1.89 bits per heavy atom. The Balaban J connectivity index is 2.58. The third-order valence-electron chi connectivity index (χ3n) is 2.58. The van der Waals surface area contributed by atoms with E-state index in [0.717, 1.165) is 11.1 Å². The molecule has 0 aromatic heterocycles. The highest BCUT2D eigenvalue weighted by Crippen LogP contribution is 2.17. The summed E-state index contributed by atoms with van der Waals surface area (Å²) in [6.45, 7) is 8.79. The van der Waals surface area contributed by atoms with Crippen LogP contribution in [-0.2, 0) is 0 Å². The zero-order valence-corrected chi connectivity index (χ0v) is 13.6. The van der Waals surface area contributed by atoms with Gasteiger partial charge in [-0.05, 0) is 43.5 Å². The minimum absolute atomic E-state index is 0.0508. The summed E-state index contributed by atoms with van der Waals surface area (Å²) in [5.41, 5.74) is 0.706. The summed E-state index contributed by atoms with van der Waals surface area (Å²) >= 11 is 3.44. The monoisotopic (exact) mass is 327 g/mol. The quantitative estimate of drug-likeness (QED) is 0.810. The van der Waals surface area contributed by atoms with Crippen LogP contribution >= 0.6 is 15.9 Å². The molecule has 1 aromatic rings. The minimum atomic E-state index is -0.0508. The molecule has 1 aromatic carbocycles. The van der Waals surface area contributed by atoms with Gasteiger partial charge in [0.2, 0.25) is 0 Å². The maximum Gasteiger partial charge on any atom is 0.251 e. The molecule has 0 spiro atoms. The molecule has 0 radical (unpaired) electrons. The number of nitrogens with one attached hydrogen (secondary N) is 1. The molecular weight excluding hydrogens is 306 g/mol. The van der Waals surface area contributed by atoms with Crippen LogP contribution in [0.2, 0.25) is 0 Å². The van der Waals surface area contributed by atoms with Crippen LogP contribution in [0.25, 0.3) is 0 Å². The molecule has 0 aliphatic rings. The molecule has 0 saturated carbocycles. The van der Waals surface area contributed by atoms with E-state index < -0.39 is 0 Å². The van der Waals surface area contributed by atoms with E-state index >= 15 is 0 Å². The molecule has 1 amide bonds. The van der Waals surface area contributed by atoms with Gasteiger partial charge in [-0.1, -0.05) is 29.8 Å². The van der Waals surface area contributed by atoms with Crippen LogP contribution < -0.4 is 10.1 Å². The second-order valence-corrected chi connectivity index (χ2v) is 6.23. The lowest BCUT2D eigenvalue weighted by atomic mass is 9.97. The first kappa shape index (κ1) is 16.0. The first-order chi connectivity index (χ1) is 8.84. The highest BCUT2D eigenvalue weighted by Gasteiger charge is 2.17. The molecule has 4 heteroatoms. The number of hydrogen-bond donors (Lipinski definition) is 1. The van der Waals surface area contributed by atoms with Gasteiger partial charge < -0.3 is 10.1 Å². The molecule has 0 unspecified atom stereocenters. The van der Waals surface area contributed by atoms with Gasteiger partial charge in [0.15, 0.2) is 0 Å². The first-order valence-electron chi connectivity index (χ1n) is 6.45. The Bertz CT molecular complexity index is 413. The minimum Gasteiger partial charge on any atom is -0.491 e. The lowest BCUT2D eigenvalue weighted by molar-refractivity contribution is 0.0940. The summed E-state index contributed by atoms with van der Waals surface area (Å²) in [7, 11) is 0. The van der Waals surface area contributed by atoms with Crippen molar-refractivity contribution in [2.45, 2.75) is 33.8 Å². The van der Waals surface area contributed by atoms with Crippen LogP contribution in [0.15, 0.2) is 24.3 Å². The van der Waals surface area contributed by atoms with Gasteiger partial charge in [0.1, 0.15) is 5.75 Å². The van der Waals surface area contributed by atoms with Crippen molar-refractivity contribution in [3.05, 3.63) is 29.8 Å². The van der Waals surface area contributed by atoms with Gasteiger partial charge in [0.05, 0.1) is 6.10 Å². The lowest BCUT2D eigenvalue weighted by Gasteiger charge is -2.21. The van der Waals surface area contributed by atoms with E-state index in [2.05, 4.69) is 35.1 Å². The molecule has 0 atom stereocenters. The maximum absolute atomic E-state index is 12.0. The Hall–Kier alpha value is -1.03. The molecule has 0 bridgehead atoms. The number of alkyl halides is 1. The van der Waals surface area contributed by atoms with Crippen molar-refractivity contribution < 1.29 is 9.53 Å². The zero-order chi connectivity index (χ0) is 14.5. The summed E-state index contributed by atoms with van der Waals surface area (Å²) in [5.74, 6) is 0.734. The molecule has 0 saturated heterocycles. The van der Waals surface area contributed by atoms with Crippen molar-refractivity contribution >= 4 is 21.8 Å². The van der Waals surface area contributed by atoms with Gasteiger partial charge >= 0.3 is 0 Å². The SMILES string of the molecule is CC(C)Oc1ccc(C(=O)NCC(C)(C)CBr)cc1. The van der Waals surface area contributed by atoms with Crippen LogP contribution in [0.4, 0.5) is 0 Å². The number of benzene rings is 1. The fraction of sp³-hybridized carbons (Fsp3) is 0.533. The number of amides is 1. The maximum atomic E-state index is 12.0.